The molecule has 2 aliphatic rings. The minimum Gasteiger partial charge on any atom is -0.870 e. The number of halogens is 2. The number of carbonyl (C=O) groups excluding carboxylic acids is 1. The van der Waals surface area contributed by atoms with E-state index >= 15 is 0 Å². The summed E-state index contributed by atoms with van der Waals surface area (Å²) >= 11 is 11.9. The van der Waals surface area contributed by atoms with Gasteiger partial charge in [0.05, 0.1) is 39.1 Å². The molecule has 14 heteroatoms. The van der Waals surface area contributed by atoms with Gasteiger partial charge in [-0.15, -0.1) is 10.2 Å². The number of esters is 1. The Hall–Kier alpha value is -3.98. The van der Waals surface area contributed by atoms with Crippen LogP contribution in [0.5, 0.6) is 0 Å². The van der Waals surface area contributed by atoms with E-state index in [1.54, 1.807) is 19.3 Å². The first-order chi connectivity index (χ1) is 20.3. The van der Waals surface area contributed by atoms with Crippen LogP contribution in [0.4, 0.5) is 0 Å². The number of hydrogen-bond donors (Lipinski definition) is 1. The van der Waals surface area contributed by atoms with Crippen molar-refractivity contribution in [2.45, 2.75) is 32.6 Å². The average molecular weight is 627 g/mol. The third kappa shape index (κ3) is 8.78. The van der Waals surface area contributed by atoms with Crippen molar-refractivity contribution in [3.8, 4) is 0 Å². The molecule has 0 aliphatic carbocycles. The predicted molar refractivity (Wildman–Crippen MR) is 166 cm³/mol. The molecule has 2 aromatic carbocycles. The maximum Gasteiger partial charge on any atom is 1.00 e. The zero-order chi connectivity index (χ0) is 29.6. The molecule has 4 heterocycles. The van der Waals surface area contributed by atoms with E-state index in [1.807, 2.05) is 48.5 Å². The van der Waals surface area contributed by atoms with E-state index in [1.165, 1.54) is 0 Å². The molecule has 0 amide bonds. The van der Waals surface area contributed by atoms with Crippen LogP contribution < -0.4 is 18.9 Å². The maximum atomic E-state index is 11.6. The molecule has 11 nitrogen and oxygen atoms in total. The van der Waals surface area contributed by atoms with Crippen LogP contribution in [0, 0.1) is 0 Å². The van der Waals surface area contributed by atoms with Crippen molar-refractivity contribution >= 4 is 79.8 Å². The quantitative estimate of drug-likeness (QED) is 0.243. The first-order valence-corrected chi connectivity index (χ1v) is 13.8. The molecule has 4 aromatic rings. The Balaban J connectivity index is 0.000000231. The molecule has 220 valence electrons. The molecule has 0 fully saturated rings. The van der Waals surface area contributed by atoms with E-state index in [4.69, 9.17) is 33.0 Å². The topological polar surface area (TPSA) is 169 Å². The van der Waals surface area contributed by atoms with Crippen LogP contribution in [0.15, 0.2) is 81.3 Å². The molecule has 0 atom stereocenters. The Bertz CT molecular complexity index is 1840. The molecule has 0 radical (unpaired) electrons. The number of nitrogens with zero attached hydrogens (tertiary/aromatic N) is 6. The van der Waals surface area contributed by atoms with Gasteiger partial charge in [0, 0.05) is 48.8 Å². The molecule has 0 saturated heterocycles. The smallest absolute Gasteiger partial charge is 0.870 e. The van der Waals surface area contributed by atoms with Crippen LogP contribution in [-0.2, 0) is 27.2 Å². The Labute approximate surface area is 274 Å². The van der Waals surface area contributed by atoms with E-state index in [-0.39, 0.29) is 30.0 Å². The molecule has 2 aromatic heterocycles. The normalized spacial score (nSPS) is 13.4. The molecule has 0 saturated carbocycles. The van der Waals surface area contributed by atoms with Crippen LogP contribution in [-0.4, -0.2) is 61.9 Å². The van der Waals surface area contributed by atoms with Crippen LogP contribution in [0.3, 0.4) is 0 Å². The first kappa shape index (κ1) is 34.5. The Morgan fingerprint density at radius 2 is 1.25 bits per heavy atom. The third-order valence-corrected chi connectivity index (χ3v) is 6.78. The number of rotatable bonds is 7. The molecule has 2 N–H and O–H groups in total. The number of pyridine rings is 2. The molecular weight excluding hydrogens is 602 g/mol. The van der Waals surface area contributed by atoms with Crippen molar-refractivity contribution in [2.24, 2.45) is 20.4 Å². The van der Waals surface area contributed by atoms with Gasteiger partial charge in [-0.1, -0.05) is 35.3 Å². The van der Waals surface area contributed by atoms with Gasteiger partial charge < -0.3 is 15.3 Å². The summed E-state index contributed by atoms with van der Waals surface area (Å²) in [7, 11) is 0. The summed E-state index contributed by atoms with van der Waals surface area (Å²) in [5, 5.41) is 27.5. The molecule has 0 bridgehead atoms. The number of aromatic nitrogens is 2. The molecule has 0 unspecified atom stereocenters. The summed E-state index contributed by atoms with van der Waals surface area (Å²) in [6.07, 6.45) is 5.17. The largest absolute Gasteiger partial charge is 1.00 e. The van der Waals surface area contributed by atoms with Crippen molar-refractivity contribution in [1.82, 2.24) is 9.97 Å². The van der Waals surface area contributed by atoms with Crippen molar-refractivity contribution < 1.29 is 43.8 Å². The number of carbonyl (C=O) groups is 2. The number of ether oxygens (including phenoxy) is 1. The monoisotopic (exact) mass is 626 g/mol. The first-order valence-electron chi connectivity index (χ1n) is 13.0. The number of carboxylic acids is 1. The number of fused-ring (bicyclic) bond motifs is 2. The fourth-order valence-corrected chi connectivity index (χ4v) is 4.76. The minimum absolute atomic E-state index is 0. The second kappa shape index (κ2) is 15.7. The average Bonchev–Trinajstić information content (AvgIpc) is 3.63. The Morgan fingerprint density at radius 1 is 0.773 bits per heavy atom. The third-order valence-electron chi connectivity index (χ3n) is 6.37. The van der Waals surface area contributed by atoms with Crippen molar-refractivity contribution in [3.63, 3.8) is 0 Å². The summed E-state index contributed by atoms with van der Waals surface area (Å²) in [6, 6.07) is 15.5. The summed E-state index contributed by atoms with van der Waals surface area (Å²) in [6.45, 7) is 2.11. The summed E-state index contributed by atoms with van der Waals surface area (Å²) in [5.41, 5.74) is 5.92. The van der Waals surface area contributed by atoms with Gasteiger partial charge in [-0.3, -0.25) is 9.97 Å². The zero-order valence-electron chi connectivity index (χ0n) is 23.9. The molecule has 2 aliphatic heterocycles. The van der Waals surface area contributed by atoms with E-state index in [9.17, 15) is 9.59 Å². The predicted octanol–water partition coefficient (Wildman–Crippen LogP) is 2.74. The summed E-state index contributed by atoms with van der Waals surface area (Å²) in [4.78, 5) is 30.9. The van der Waals surface area contributed by atoms with Crippen LogP contribution >= 0.6 is 23.2 Å². The molecule has 0 spiro atoms. The maximum absolute atomic E-state index is 11.6. The van der Waals surface area contributed by atoms with Gasteiger partial charge >= 0.3 is 30.8 Å². The summed E-state index contributed by atoms with van der Waals surface area (Å²) < 4.78 is 4.93. The van der Waals surface area contributed by atoms with Gasteiger partial charge in [0.15, 0.2) is 11.4 Å². The van der Waals surface area contributed by atoms with Crippen molar-refractivity contribution in [3.05, 3.63) is 82.1 Å². The van der Waals surface area contributed by atoms with Crippen LogP contribution in [0.25, 0.3) is 21.8 Å². The molecule has 44 heavy (non-hydrogen) atoms. The number of hydrogen-bond acceptors (Lipinski definition) is 10. The SMILES string of the molecule is CCOC(=O)C1=NN=C(Cc2ccc3ncc(Cl)cc3c2)C1.O=C(O)C1=NN=C(Cc2ccc3ncc(Cl)cc3c2)C1.[Li+].[OH-]. The van der Waals surface area contributed by atoms with Gasteiger partial charge in [0.2, 0.25) is 0 Å². The van der Waals surface area contributed by atoms with Crippen molar-refractivity contribution in [2.75, 3.05) is 6.61 Å². The standard InChI is InChI=1S/C16H14ClN3O2.C14H10ClN3O2.Li.H2O/c1-2-22-16(21)15-8-13(19-20-15)6-10-3-4-14-11(5-10)7-12(17)9-18-14;15-10-5-9-3-8(1-2-12(9)16-7-10)4-11-6-13(14(19)20)18-17-11;;/h3-5,7,9H,2,6,8H2,1H3;1-3,5,7H,4,6H2,(H,19,20);;1H2/q;;+1;/p-1. The Kier molecular flexibility index (Phi) is 12.3. The van der Waals surface area contributed by atoms with Gasteiger partial charge in [0.1, 0.15) is 0 Å². The number of aliphatic carboxylic acids is 1. The number of carboxylic acid groups (broad SMARTS) is 1. The van der Waals surface area contributed by atoms with Gasteiger partial charge in [-0.2, -0.15) is 10.2 Å². The van der Waals surface area contributed by atoms with E-state index in [0.717, 1.165) is 44.4 Å². The van der Waals surface area contributed by atoms with Gasteiger partial charge in [-0.25, -0.2) is 9.59 Å². The van der Waals surface area contributed by atoms with Crippen molar-refractivity contribution in [1.29, 1.82) is 0 Å². The van der Waals surface area contributed by atoms with Crippen LogP contribution in [0.1, 0.15) is 30.9 Å². The van der Waals surface area contributed by atoms with Gasteiger partial charge in [0.25, 0.3) is 0 Å². The fourth-order valence-electron chi connectivity index (χ4n) is 4.43. The zero-order valence-corrected chi connectivity index (χ0v) is 25.4. The van der Waals surface area contributed by atoms with Gasteiger partial charge in [-0.05, 0) is 54.4 Å². The van der Waals surface area contributed by atoms with E-state index in [2.05, 4.69) is 30.4 Å². The second-order valence-corrected chi connectivity index (χ2v) is 10.4. The molecule has 6 rings (SSSR count). The van der Waals surface area contributed by atoms with Crippen LogP contribution in [0.2, 0.25) is 10.0 Å². The van der Waals surface area contributed by atoms with E-state index < -0.39 is 11.9 Å². The van der Waals surface area contributed by atoms with E-state index in [0.29, 0.717) is 48.0 Å². The number of benzene rings is 2. The minimum atomic E-state index is -1.02. The fraction of sp³-hybridized carbons (Fsp3) is 0.200. The summed E-state index contributed by atoms with van der Waals surface area (Å²) in [5.74, 6) is -1.41. The second-order valence-electron chi connectivity index (χ2n) is 9.52. The molecular formula is C30H25Cl2LiN6O5. The Morgan fingerprint density at radius 3 is 1.70 bits per heavy atom.